The first kappa shape index (κ1) is 24.1. The number of fused-ring (bicyclic) bond motifs is 1. The van der Waals surface area contributed by atoms with Crippen LogP contribution in [0.1, 0.15) is 32.8 Å². The molecular formula is C27H28FN3O4S. The molecule has 0 N–H and O–H groups in total. The van der Waals surface area contributed by atoms with E-state index in [1.54, 1.807) is 43.3 Å². The van der Waals surface area contributed by atoms with Gasteiger partial charge in [0.05, 0.1) is 26.2 Å². The van der Waals surface area contributed by atoms with Crippen molar-refractivity contribution in [2.45, 2.75) is 12.0 Å². The van der Waals surface area contributed by atoms with Gasteiger partial charge in [-0.3, -0.25) is 9.59 Å². The van der Waals surface area contributed by atoms with Crippen LogP contribution in [0.4, 0.5) is 10.1 Å². The van der Waals surface area contributed by atoms with Crippen molar-refractivity contribution in [3.8, 4) is 11.5 Å². The van der Waals surface area contributed by atoms with E-state index in [-0.39, 0.29) is 17.6 Å². The van der Waals surface area contributed by atoms with Crippen molar-refractivity contribution in [3.63, 3.8) is 0 Å². The Labute approximate surface area is 213 Å². The van der Waals surface area contributed by atoms with E-state index < -0.39 is 12.0 Å². The minimum absolute atomic E-state index is 0.0278. The first-order valence-electron chi connectivity index (χ1n) is 11.8. The topological polar surface area (TPSA) is 62.3 Å². The van der Waals surface area contributed by atoms with Crippen LogP contribution in [0.25, 0.3) is 0 Å². The van der Waals surface area contributed by atoms with E-state index in [2.05, 4.69) is 4.90 Å². The lowest BCUT2D eigenvalue weighted by Gasteiger charge is -2.43. The molecule has 2 aliphatic rings. The fraction of sp³-hybridized carbons (Fsp3) is 0.333. The maximum absolute atomic E-state index is 14.2. The highest BCUT2D eigenvalue weighted by molar-refractivity contribution is 7.10. The quantitative estimate of drug-likeness (QED) is 0.517. The number of halogens is 1. The van der Waals surface area contributed by atoms with Crippen LogP contribution in [0, 0.1) is 5.82 Å². The molecule has 2 unspecified atom stereocenters. The predicted octanol–water partition coefficient (Wildman–Crippen LogP) is 4.16. The van der Waals surface area contributed by atoms with Gasteiger partial charge < -0.3 is 24.2 Å². The second-order valence-electron chi connectivity index (χ2n) is 8.94. The molecule has 0 radical (unpaired) electrons. The maximum atomic E-state index is 14.2. The van der Waals surface area contributed by atoms with Crippen molar-refractivity contribution in [1.82, 2.24) is 9.80 Å². The van der Waals surface area contributed by atoms with E-state index in [0.29, 0.717) is 48.8 Å². The zero-order chi connectivity index (χ0) is 25.4. The predicted molar refractivity (Wildman–Crippen MR) is 137 cm³/mol. The van der Waals surface area contributed by atoms with E-state index in [1.165, 1.54) is 30.6 Å². The molecule has 3 heterocycles. The summed E-state index contributed by atoms with van der Waals surface area (Å²) < 4.78 is 24.3. The molecule has 3 aromatic rings. The molecule has 2 aromatic carbocycles. The number of carbonyl (C=O) groups is 2. The third-order valence-corrected chi connectivity index (χ3v) is 8.00. The average Bonchev–Trinajstić information content (AvgIpc) is 3.44. The monoisotopic (exact) mass is 509 g/mol. The van der Waals surface area contributed by atoms with Crippen LogP contribution >= 0.6 is 11.3 Å². The Morgan fingerprint density at radius 3 is 2.28 bits per heavy atom. The number of amides is 2. The van der Waals surface area contributed by atoms with Gasteiger partial charge in [0.2, 0.25) is 5.91 Å². The van der Waals surface area contributed by atoms with Crippen molar-refractivity contribution < 1.29 is 23.5 Å². The lowest BCUT2D eigenvalue weighted by molar-refractivity contribution is -0.134. The van der Waals surface area contributed by atoms with Gasteiger partial charge in [-0.15, -0.1) is 11.3 Å². The Morgan fingerprint density at radius 1 is 1.00 bits per heavy atom. The molecule has 7 nitrogen and oxygen atoms in total. The summed E-state index contributed by atoms with van der Waals surface area (Å²) in [6, 6.07) is 13.3. The molecule has 2 aliphatic heterocycles. The molecule has 0 bridgehead atoms. The summed E-state index contributed by atoms with van der Waals surface area (Å²) in [5.74, 6) is -0.106. The van der Waals surface area contributed by atoms with Crippen molar-refractivity contribution in [2.75, 3.05) is 52.3 Å². The van der Waals surface area contributed by atoms with Gasteiger partial charge in [0, 0.05) is 49.4 Å². The minimum Gasteiger partial charge on any atom is -0.493 e. The Hall–Kier alpha value is -3.59. The van der Waals surface area contributed by atoms with Crippen LogP contribution in [0.2, 0.25) is 0 Å². The fourth-order valence-electron chi connectivity index (χ4n) is 5.16. The molecule has 36 heavy (non-hydrogen) atoms. The minimum atomic E-state index is -0.585. The van der Waals surface area contributed by atoms with Gasteiger partial charge in [0.25, 0.3) is 5.91 Å². The van der Waals surface area contributed by atoms with Crippen molar-refractivity contribution in [3.05, 3.63) is 75.7 Å². The van der Waals surface area contributed by atoms with Crippen molar-refractivity contribution in [1.29, 1.82) is 0 Å². The van der Waals surface area contributed by atoms with Crippen molar-refractivity contribution >= 4 is 28.8 Å². The molecular weight excluding hydrogens is 481 g/mol. The van der Waals surface area contributed by atoms with Crippen LogP contribution in [0.5, 0.6) is 11.5 Å². The van der Waals surface area contributed by atoms with Crippen LogP contribution in [-0.2, 0) is 4.79 Å². The molecule has 1 saturated heterocycles. The van der Waals surface area contributed by atoms with E-state index in [4.69, 9.17) is 9.47 Å². The first-order valence-corrected chi connectivity index (χ1v) is 12.7. The summed E-state index contributed by atoms with van der Waals surface area (Å²) in [6.07, 6.45) is 0. The normalized spacial score (nSPS) is 19.8. The largest absolute Gasteiger partial charge is 0.493 e. The highest BCUT2D eigenvalue weighted by atomic mass is 32.1. The van der Waals surface area contributed by atoms with Gasteiger partial charge in [0.15, 0.2) is 11.5 Å². The molecule has 0 aliphatic carbocycles. The number of anilines is 1. The summed E-state index contributed by atoms with van der Waals surface area (Å²) in [4.78, 5) is 34.2. The Kier molecular flexibility index (Phi) is 6.57. The molecule has 2 amide bonds. The highest BCUT2D eigenvalue weighted by Crippen LogP contribution is 2.47. The number of carbonyl (C=O) groups excluding carboxylic acids is 2. The number of methoxy groups -OCH3 is 2. The maximum Gasteiger partial charge on any atom is 0.254 e. The van der Waals surface area contributed by atoms with Gasteiger partial charge >= 0.3 is 0 Å². The molecule has 188 valence electrons. The lowest BCUT2D eigenvalue weighted by atomic mass is 9.81. The number of rotatable bonds is 5. The number of hydrogen-bond acceptors (Lipinski definition) is 6. The standard InChI is InChI=1S/C27H28FN3O4S/c1-29-25(23-5-4-14-36-23)24(19-15-21(34-2)22(35-3)16-20(19)26(29)32)27(33)31-12-10-30(11-13-31)18-8-6-17(28)7-9-18/h4-9,14-16,24-25H,10-13H2,1-3H3. The Balaban J connectivity index is 1.49. The van der Waals surface area contributed by atoms with Gasteiger partial charge in [-0.2, -0.15) is 0 Å². The van der Waals surface area contributed by atoms with Crippen LogP contribution in [0.15, 0.2) is 53.9 Å². The molecule has 0 saturated carbocycles. The smallest absolute Gasteiger partial charge is 0.254 e. The van der Waals surface area contributed by atoms with Gasteiger partial charge in [0.1, 0.15) is 5.82 Å². The van der Waals surface area contributed by atoms with E-state index in [9.17, 15) is 14.0 Å². The average molecular weight is 510 g/mol. The number of piperazine rings is 1. The van der Waals surface area contributed by atoms with Gasteiger partial charge in [-0.25, -0.2) is 4.39 Å². The van der Waals surface area contributed by atoms with Crippen molar-refractivity contribution in [2.24, 2.45) is 0 Å². The number of ether oxygens (including phenoxy) is 2. The Bertz CT molecular complexity index is 1260. The molecule has 2 atom stereocenters. The van der Waals surface area contributed by atoms with Crippen LogP contribution in [-0.4, -0.2) is 69.1 Å². The second-order valence-corrected chi connectivity index (χ2v) is 9.92. The third-order valence-electron chi connectivity index (χ3n) is 7.06. The van der Waals surface area contributed by atoms with Crippen LogP contribution < -0.4 is 14.4 Å². The SMILES string of the molecule is COc1cc2c(cc1OC)C(C(=O)N1CCN(c3ccc(F)cc3)CC1)C(c1cccs1)N(C)C2=O. The van der Waals surface area contributed by atoms with Gasteiger partial charge in [-0.1, -0.05) is 6.07 Å². The number of hydrogen-bond donors (Lipinski definition) is 0. The van der Waals surface area contributed by atoms with E-state index in [1.807, 2.05) is 22.4 Å². The number of likely N-dealkylation sites (N-methyl/N-ethyl adjacent to an activating group) is 1. The first-order chi connectivity index (χ1) is 17.4. The van der Waals surface area contributed by atoms with Crippen LogP contribution in [0.3, 0.4) is 0 Å². The summed E-state index contributed by atoms with van der Waals surface area (Å²) in [6.45, 7) is 2.34. The second kappa shape index (κ2) is 9.81. The number of nitrogens with zero attached hydrogens (tertiary/aromatic N) is 3. The summed E-state index contributed by atoms with van der Waals surface area (Å²) in [5.41, 5.74) is 2.04. The zero-order valence-electron chi connectivity index (χ0n) is 20.4. The zero-order valence-corrected chi connectivity index (χ0v) is 21.3. The Morgan fingerprint density at radius 2 is 1.67 bits per heavy atom. The van der Waals surface area contributed by atoms with E-state index in [0.717, 1.165) is 10.6 Å². The number of thiophene rings is 1. The number of benzene rings is 2. The molecule has 9 heteroatoms. The molecule has 1 fully saturated rings. The third kappa shape index (κ3) is 4.17. The highest BCUT2D eigenvalue weighted by Gasteiger charge is 2.45. The molecule has 0 spiro atoms. The van der Waals surface area contributed by atoms with Gasteiger partial charge in [-0.05, 0) is 53.4 Å². The summed E-state index contributed by atoms with van der Waals surface area (Å²) >= 11 is 1.53. The summed E-state index contributed by atoms with van der Waals surface area (Å²) in [5, 5.41) is 1.96. The van der Waals surface area contributed by atoms with E-state index >= 15 is 0 Å². The summed E-state index contributed by atoms with van der Waals surface area (Å²) in [7, 11) is 4.82. The molecule has 5 rings (SSSR count). The molecule has 1 aromatic heterocycles. The fourth-order valence-corrected chi connectivity index (χ4v) is 6.07. The lowest BCUT2D eigenvalue weighted by Crippen LogP contribution is -2.53.